The Morgan fingerprint density at radius 2 is 0.628 bits per heavy atom. The Balaban J connectivity index is 0.000000202. The second kappa shape index (κ2) is 40.8. The fourth-order valence-electron chi connectivity index (χ4n) is 17.6. The van der Waals surface area contributed by atoms with Gasteiger partial charge in [0, 0.05) is 88.1 Å². The van der Waals surface area contributed by atoms with Crippen molar-refractivity contribution >= 4 is 143 Å². The van der Waals surface area contributed by atoms with E-state index in [9.17, 15) is 106 Å². The number of carboxylic acid groups (broad SMARTS) is 2. The molecule has 33 heteroatoms. The number of ketones is 3. The number of hydrogen-bond acceptors (Lipinski definition) is 22. The summed E-state index contributed by atoms with van der Waals surface area (Å²) in [5.41, 5.74) is 5.66. The van der Waals surface area contributed by atoms with Crippen LogP contribution < -0.4 is 80.5 Å². The average molecular weight is 1970 g/mol. The molecule has 5 amide bonds. The van der Waals surface area contributed by atoms with Gasteiger partial charge in [0.1, 0.15) is 11.5 Å². The average Bonchev–Trinajstić information content (AvgIpc) is 1.58. The van der Waals surface area contributed by atoms with Crippen LogP contribution in [0.1, 0.15) is 161 Å². The lowest BCUT2D eigenvalue weighted by Crippen LogP contribution is -2.24. The number of carbonyl (C=O) groups excluding carboxylic acids is 10. The predicted molar refractivity (Wildman–Crippen MR) is 557 cm³/mol. The highest BCUT2D eigenvalue weighted by Crippen LogP contribution is 2.35. The minimum atomic E-state index is -1.52. The summed E-state index contributed by atoms with van der Waals surface area (Å²) in [5.74, 6) is -7.81. The van der Waals surface area contributed by atoms with Crippen molar-refractivity contribution in [3.05, 3.63) is 450 Å². The standard InChI is InChI=1S/C59H47N3O14.C56H36N6O10/c1-5-50(65)43-28-53(75-30-63)48(26-45(43)58(71)72)57(70)62-49-21-16-40(23-34(49)4)39-15-14-38(33(3)22-39)25-52(67)44-29-54(76-31-64)47(27-46(44)59(73)74)56(69)61-42-19-8-35(9-20-42)24-51(66)36-10-12-37(13-11-36)55(68)60-41-17-6-32(2)7-18-41;1-27-5-13-34(14-6-27)57-47(63)30-7-9-31(10-8-30)48(64)58-35-15-17-36(18-16-35)60-51(67)39-25-43-44(26-40(39)52(60)68)56(72)62(55(43)71)46-20-12-33(22-29(46)3)32-11-19-45(28(2)21-32)61-53(69)41-23-37-38(24-42(41)54(61)70)50(66)59(4)49(37)65/h6-23,26-31H,5,24-25H2,1-4H3,(H,60,68)(H,61,69)(H,62,70)(H,71,72)(H,73,74);5-26H,1-4H3,(H,57,63)(H,58,64). The number of aryl methyl sites for hydroxylation is 6. The molecule has 732 valence electrons. The number of amides is 5. The van der Waals surface area contributed by atoms with Gasteiger partial charge in [0.25, 0.3) is 87.0 Å². The maximum Gasteiger partial charge on any atom is 0.336 e. The van der Waals surface area contributed by atoms with Crippen LogP contribution in [-0.2, 0) is 29.5 Å². The highest BCUT2D eigenvalue weighted by atomic mass is 16.5. The quantitative estimate of drug-likeness (QED) is 0.0169. The fraction of sp³-hybridized carbons (Fsp3) is 0.0957. The van der Waals surface area contributed by atoms with E-state index in [1.165, 1.54) is 98.9 Å². The van der Waals surface area contributed by atoms with Gasteiger partial charge in [0.15, 0.2) is 17.3 Å². The van der Waals surface area contributed by atoms with Crippen molar-refractivity contribution in [1.82, 2.24) is 18.3 Å². The Bertz CT molecular complexity index is 9040. The lowest BCUT2D eigenvalue weighted by atomic mass is 9.92. The summed E-state index contributed by atoms with van der Waals surface area (Å²) in [7, 11) is 1.33. The second-order valence-electron chi connectivity index (χ2n) is 35.3. The van der Waals surface area contributed by atoms with Crippen LogP contribution >= 0.6 is 0 Å². The molecule has 0 spiro atoms. The number of anilines is 5. The Kier molecular flexibility index (Phi) is 27.4. The molecular weight excluding hydrogens is 1890 g/mol. The summed E-state index contributed by atoms with van der Waals surface area (Å²) in [5, 5.41) is 33.7. The number of Topliss-reactive ketones (excluding diaryl/α,β-unsaturated/α-hetero) is 3. The van der Waals surface area contributed by atoms with Gasteiger partial charge < -0.3 is 46.3 Å². The van der Waals surface area contributed by atoms with Gasteiger partial charge in [-0.2, -0.15) is 0 Å². The Labute approximate surface area is 836 Å². The van der Waals surface area contributed by atoms with Crippen LogP contribution in [0.25, 0.3) is 82.4 Å². The normalized spacial score (nSPS) is 11.1. The first kappa shape index (κ1) is 99.4. The third kappa shape index (κ3) is 19.7. The van der Waals surface area contributed by atoms with Gasteiger partial charge in [-0.3, -0.25) is 90.9 Å². The van der Waals surface area contributed by atoms with Crippen molar-refractivity contribution in [3.63, 3.8) is 0 Å². The van der Waals surface area contributed by atoms with E-state index in [-0.39, 0.29) is 149 Å². The predicted octanol–water partition coefficient (Wildman–Crippen LogP) is 15.7. The number of aromatic carboxylic acids is 2. The number of benzene rings is 14. The number of carbonyl (C=O) groups is 12. The first-order chi connectivity index (χ1) is 70.8. The zero-order chi connectivity index (χ0) is 105. The zero-order valence-corrected chi connectivity index (χ0v) is 79.8. The maximum atomic E-state index is 14.0. The van der Waals surface area contributed by atoms with E-state index >= 15 is 0 Å². The molecule has 18 aromatic rings. The van der Waals surface area contributed by atoms with Gasteiger partial charge in [-0.25, -0.2) is 23.3 Å². The summed E-state index contributed by atoms with van der Waals surface area (Å²) < 4.78 is 14.0. The van der Waals surface area contributed by atoms with E-state index < -0.39 is 96.8 Å². The highest BCUT2D eigenvalue weighted by Gasteiger charge is 2.31. The van der Waals surface area contributed by atoms with Gasteiger partial charge in [0.05, 0.1) is 82.4 Å². The molecule has 4 aromatic heterocycles. The van der Waals surface area contributed by atoms with Crippen LogP contribution in [0.15, 0.2) is 305 Å². The third-order valence-electron chi connectivity index (χ3n) is 25.6. The number of aromatic nitrogens is 4. The molecule has 33 nitrogen and oxygen atoms in total. The summed E-state index contributed by atoms with van der Waals surface area (Å²) in [6.07, 6.45) is -0.301. The molecule has 0 bridgehead atoms. The molecule has 148 heavy (non-hydrogen) atoms. The molecule has 0 aliphatic carbocycles. The molecular formula is C115H83N9O24. The van der Waals surface area contributed by atoms with Crippen LogP contribution in [0, 0.1) is 41.5 Å². The molecule has 0 aliphatic heterocycles. The second-order valence-corrected chi connectivity index (χ2v) is 35.3. The number of ether oxygens (including phenoxy) is 2. The van der Waals surface area contributed by atoms with Crippen molar-refractivity contribution in [2.75, 3.05) is 26.6 Å². The van der Waals surface area contributed by atoms with Crippen LogP contribution in [0.4, 0.5) is 28.4 Å². The molecule has 0 saturated heterocycles. The van der Waals surface area contributed by atoms with Crippen molar-refractivity contribution in [2.45, 2.75) is 67.7 Å². The van der Waals surface area contributed by atoms with Gasteiger partial charge in [-0.1, -0.05) is 103 Å². The van der Waals surface area contributed by atoms with Gasteiger partial charge in [-0.15, -0.1) is 0 Å². The largest absolute Gasteiger partial charge is 0.478 e. The number of nitrogens with one attached hydrogen (secondary N) is 5. The molecule has 0 aliphatic rings. The number of hydrogen-bond donors (Lipinski definition) is 7. The molecule has 14 aromatic carbocycles. The highest BCUT2D eigenvalue weighted by molar-refractivity contribution is 6.15. The number of fused-ring (bicyclic) bond motifs is 4. The lowest BCUT2D eigenvalue weighted by molar-refractivity contribution is -0.121. The topological polar surface area (TPSA) is 480 Å². The Morgan fingerprint density at radius 1 is 0.297 bits per heavy atom. The maximum absolute atomic E-state index is 14.0. The number of rotatable bonds is 29. The first-order valence-electron chi connectivity index (χ1n) is 45.9. The minimum absolute atomic E-state index is 0.00522. The number of carboxylic acids is 2. The summed E-state index contributed by atoms with van der Waals surface area (Å²) >= 11 is 0. The smallest absolute Gasteiger partial charge is 0.336 e. The van der Waals surface area contributed by atoms with Crippen molar-refractivity contribution in [2.24, 2.45) is 7.05 Å². The third-order valence-corrected chi connectivity index (χ3v) is 25.6. The monoisotopic (exact) mass is 1970 g/mol. The van der Waals surface area contributed by atoms with E-state index in [0.29, 0.717) is 101 Å². The summed E-state index contributed by atoms with van der Waals surface area (Å²) in [6.45, 7) is 12.4. The molecule has 0 unspecified atom stereocenters. The van der Waals surface area contributed by atoms with Crippen LogP contribution in [0.5, 0.6) is 11.5 Å². The van der Waals surface area contributed by atoms with Crippen LogP contribution in [0.2, 0.25) is 0 Å². The van der Waals surface area contributed by atoms with Crippen LogP contribution in [0.3, 0.4) is 0 Å². The molecule has 0 radical (unpaired) electrons. The van der Waals surface area contributed by atoms with E-state index in [1.807, 2.05) is 38.1 Å². The summed E-state index contributed by atoms with van der Waals surface area (Å²) in [6, 6.07) is 69.1. The molecule has 0 atom stereocenters. The van der Waals surface area contributed by atoms with Crippen molar-refractivity contribution in [3.8, 4) is 50.8 Å². The van der Waals surface area contributed by atoms with Crippen molar-refractivity contribution < 1.29 is 77.2 Å². The van der Waals surface area contributed by atoms with Gasteiger partial charge >= 0.3 is 11.9 Å². The number of nitrogens with zero attached hydrogens (tertiary/aromatic N) is 4. The zero-order valence-electron chi connectivity index (χ0n) is 79.8. The molecule has 7 N–H and O–H groups in total. The van der Waals surface area contributed by atoms with E-state index in [4.69, 9.17) is 9.47 Å². The van der Waals surface area contributed by atoms with E-state index in [2.05, 4.69) is 26.6 Å². The van der Waals surface area contributed by atoms with E-state index in [0.717, 1.165) is 53.7 Å². The van der Waals surface area contributed by atoms with Gasteiger partial charge in [-0.05, 0) is 279 Å². The Hall–Kier alpha value is -20.1. The van der Waals surface area contributed by atoms with Crippen LogP contribution in [-0.4, -0.2) is 100 Å². The van der Waals surface area contributed by atoms with Gasteiger partial charge in [0.2, 0.25) is 0 Å². The molecule has 0 fully saturated rings. The molecule has 0 saturated carbocycles. The van der Waals surface area contributed by atoms with E-state index in [1.54, 1.807) is 161 Å². The minimum Gasteiger partial charge on any atom is -0.478 e. The molecule has 4 heterocycles. The SMILES string of the molecule is CCC(=O)c1cc(OC=O)c(C(=O)Nc2ccc(-c3ccc(CC(=O)c4cc(OC=O)c(C(=O)Nc5ccc(CC(=O)c6ccc(C(=O)Nc7ccc(C)cc7)cc6)cc5)cc4C(=O)O)c(C)c3)cc2C)cc1C(=O)O.Cc1ccc(NC(=O)c2ccc(C(=O)Nc3ccc(-n4c(=O)c5cc6c(=O)n(-c7ccc(-c8ccc(-n9c(=O)c%10cc%11c(=O)n(C)c(=O)c%11cc%10c9=O)c(C)c8)cc7C)c(=O)c6cc5c4=O)cc3)cc2)cc1. The first-order valence-corrected chi connectivity index (χ1v) is 45.9. The molecule has 18 rings (SSSR count). The summed E-state index contributed by atoms with van der Waals surface area (Å²) in [4.78, 5) is 261. The Morgan fingerprint density at radius 3 is 1.00 bits per heavy atom. The lowest BCUT2D eigenvalue weighted by Gasteiger charge is -2.15. The fourth-order valence-corrected chi connectivity index (χ4v) is 17.6. The van der Waals surface area contributed by atoms with Crippen molar-refractivity contribution in [1.29, 1.82) is 0 Å².